The molecule has 0 aliphatic heterocycles. The van der Waals surface area contributed by atoms with Crippen molar-refractivity contribution in [1.29, 1.82) is 0 Å². The summed E-state index contributed by atoms with van der Waals surface area (Å²) in [6, 6.07) is 11.4. The first-order valence-electron chi connectivity index (χ1n) is 8.08. The number of rotatable bonds is 6. The van der Waals surface area contributed by atoms with E-state index in [1.54, 1.807) is 18.7 Å². The first-order chi connectivity index (χ1) is 12.6. The van der Waals surface area contributed by atoms with E-state index in [-0.39, 0.29) is 5.91 Å². The number of thiazole rings is 1. The number of aromatic nitrogens is 2. The molecule has 0 aliphatic rings. The number of nitrogens with one attached hydrogen (secondary N) is 1. The Kier molecular flexibility index (Phi) is 5.48. The highest BCUT2D eigenvalue weighted by Crippen LogP contribution is 2.25. The topological polar surface area (TPSA) is 67.3 Å². The van der Waals surface area contributed by atoms with E-state index in [2.05, 4.69) is 15.3 Å². The zero-order valence-electron chi connectivity index (χ0n) is 14.9. The molecule has 1 N–H and O–H groups in total. The third-order valence-electron chi connectivity index (χ3n) is 3.80. The van der Waals surface area contributed by atoms with E-state index in [0.717, 1.165) is 27.7 Å². The number of benzene rings is 1. The Bertz CT molecular complexity index is 891. The van der Waals surface area contributed by atoms with Crippen LogP contribution in [-0.4, -0.2) is 37.1 Å². The Morgan fingerprint density at radius 2 is 2.00 bits per heavy atom. The molecule has 3 aromatic rings. The van der Waals surface area contributed by atoms with Crippen LogP contribution in [0.3, 0.4) is 0 Å². The Morgan fingerprint density at radius 3 is 2.69 bits per heavy atom. The van der Waals surface area contributed by atoms with Crippen LogP contribution in [0.5, 0.6) is 5.75 Å². The van der Waals surface area contributed by atoms with Gasteiger partial charge in [-0.1, -0.05) is 6.07 Å². The second-order valence-corrected chi connectivity index (χ2v) is 6.69. The number of nitrogens with zero attached hydrogens (tertiary/aromatic N) is 3. The maximum absolute atomic E-state index is 12.4. The summed E-state index contributed by atoms with van der Waals surface area (Å²) < 4.78 is 5.16. The van der Waals surface area contributed by atoms with Crippen LogP contribution in [0, 0.1) is 0 Å². The number of amides is 1. The summed E-state index contributed by atoms with van der Waals surface area (Å²) in [4.78, 5) is 23.1. The summed E-state index contributed by atoms with van der Waals surface area (Å²) in [7, 11) is 5.48. The molecule has 0 radical (unpaired) electrons. The van der Waals surface area contributed by atoms with Gasteiger partial charge in [0.15, 0.2) is 0 Å². The van der Waals surface area contributed by atoms with Crippen LogP contribution in [0.2, 0.25) is 0 Å². The van der Waals surface area contributed by atoms with E-state index < -0.39 is 0 Å². The zero-order valence-corrected chi connectivity index (χ0v) is 15.7. The summed E-state index contributed by atoms with van der Waals surface area (Å²) in [5.41, 5.74) is 2.32. The molecule has 0 bridgehead atoms. The molecular formula is C19H20N4O2S. The van der Waals surface area contributed by atoms with Crippen LogP contribution in [0.25, 0.3) is 10.6 Å². The summed E-state index contributed by atoms with van der Waals surface area (Å²) >= 11 is 1.44. The number of carbonyl (C=O) groups excluding carboxylic acids is 1. The Morgan fingerprint density at radius 1 is 1.23 bits per heavy atom. The molecule has 0 atom stereocenters. The third-order valence-corrected chi connectivity index (χ3v) is 4.70. The highest BCUT2D eigenvalue weighted by atomic mass is 32.1. The molecule has 0 unspecified atom stereocenters. The minimum atomic E-state index is -0.199. The largest absolute Gasteiger partial charge is 0.497 e. The van der Waals surface area contributed by atoms with Crippen LogP contribution >= 0.6 is 11.3 Å². The number of carbonyl (C=O) groups is 1. The molecule has 0 aliphatic carbocycles. The van der Waals surface area contributed by atoms with Crippen LogP contribution in [-0.2, 0) is 6.54 Å². The SMILES string of the molecule is COc1ccc(-c2nc(C(=O)NCc3cccnc3N(C)C)cs2)cc1. The van der Waals surface area contributed by atoms with Gasteiger partial charge in [-0.3, -0.25) is 4.79 Å². The molecule has 7 heteroatoms. The predicted molar refractivity (Wildman–Crippen MR) is 104 cm³/mol. The smallest absolute Gasteiger partial charge is 0.271 e. The van der Waals surface area contributed by atoms with Crippen molar-refractivity contribution < 1.29 is 9.53 Å². The van der Waals surface area contributed by atoms with Crippen molar-refractivity contribution in [2.45, 2.75) is 6.54 Å². The van der Waals surface area contributed by atoms with Crippen LogP contribution in [0.15, 0.2) is 48.0 Å². The van der Waals surface area contributed by atoms with Gasteiger partial charge in [0.25, 0.3) is 5.91 Å². The van der Waals surface area contributed by atoms with Crippen molar-refractivity contribution in [3.05, 3.63) is 59.2 Å². The second kappa shape index (κ2) is 7.97. The van der Waals surface area contributed by atoms with E-state index in [1.165, 1.54) is 11.3 Å². The highest BCUT2D eigenvalue weighted by molar-refractivity contribution is 7.13. The molecule has 3 rings (SSSR count). The van der Waals surface area contributed by atoms with Gasteiger partial charge in [-0.2, -0.15) is 0 Å². The number of anilines is 1. The fourth-order valence-corrected chi connectivity index (χ4v) is 3.29. The molecule has 6 nitrogen and oxygen atoms in total. The number of hydrogen-bond acceptors (Lipinski definition) is 6. The molecule has 134 valence electrons. The fourth-order valence-electron chi connectivity index (χ4n) is 2.48. The average Bonchev–Trinajstić information content (AvgIpc) is 3.16. The van der Waals surface area contributed by atoms with E-state index in [9.17, 15) is 4.79 Å². The van der Waals surface area contributed by atoms with Crippen molar-refractivity contribution in [3.8, 4) is 16.3 Å². The van der Waals surface area contributed by atoms with Crippen molar-refractivity contribution in [2.24, 2.45) is 0 Å². The van der Waals surface area contributed by atoms with Gasteiger partial charge < -0.3 is 15.0 Å². The lowest BCUT2D eigenvalue weighted by molar-refractivity contribution is 0.0946. The molecule has 0 spiro atoms. The molecule has 2 heterocycles. The van der Waals surface area contributed by atoms with Crippen molar-refractivity contribution >= 4 is 23.1 Å². The van der Waals surface area contributed by atoms with Gasteiger partial charge in [-0.25, -0.2) is 9.97 Å². The van der Waals surface area contributed by atoms with Gasteiger partial charge in [0.2, 0.25) is 0 Å². The lowest BCUT2D eigenvalue weighted by atomic mass is 10.2. The lowest BCUT2D eigenvalue weighted by Crippen LogP contribution is -2.24. The van der Waals surface area contributed by atoms with E-state index in [0.29, 0.717) is 12.2 Å². The van der Waals surface area contributed by atoms with Crippen molar-refractivity contribution in [2.75, 3.05) is 26.1 Å². The molecular weight excluding hydrogens is 348 g/mol. The first-order valence-corrected chi connectivity index (χ1v) is 8.96. The zero-order chi connectivity index (χ0) is 18.5. The number of methoxy groups -OCH3 is 1. The molecule has 1 amide bonds. The van der Waals surface area contributed by atoms with E-state index in [1.807, 2.05) is 55.4 Å². The Hall–Kier alpha value is -2.93. The fraction of sp³-hybridized carbons (Fsp3) is 0.211. The minimum Gasteiger partial charge on any atom is -0.497 e. The normalized spacial score (nSPS) is 10.4. The second-order valence-electron chi connectivity index (χ2n) is 5.83. The molecule has 0 saturated heterocycles. The third kappa shape index (κ3) is 4.00. The first kappa shape index (κ1) is 17.9. The van der Waals surface area contributed by atoms with Gasteiger partial charge in [-0.05, 0) is 30.3 Å². The van der Waals surface area contributed by atoms with Crippen molar-refractivity contribution in [3.63, 3.8) is 0 Å². The quantitative estimate of drug-likeness (QED) is 0.724. The Balaban J connectivity index is 1.68. The summed E-state index contributed by atoms with van der Waals surface area (Å²) in [6.45, 7) is 0.398. The van der Waals surface area contributed by atoms with Gasteiger partial charge in [0.05, 0.1) is 7.11 Å². The maximum atomic E-state index is 12.4. The number of ether oxygens (including phenoxy) is 1. The van der Waals surface area contributed by atoms with Gasteiger partial charge >= 0.3 is 0 Å². The highest BCUT2D eigenvalue weighted by Gasteiger charge is 2.13. The average molecular weight is 368 g/mol. The summed E-state index contributed by atoms with van der Waals surface area (Å²) in [5, 5.41) is 5.48. The maximum Gasteiger partial charge on any atom is 0.271 e. The van der Waals surface area contributed by atoms with Crippen LogP contribution < -0.4 is 15.0 Å². The van der Waals surface area contributed by atoms with Crippen molar-refractivity contribution in [1.82, 2.24) is 15.3 Å². The molecule has 0 saturated carbocycles. The minimum absolute atomic E-state index is 0.199. The van der Waals surface area contributed by atoms with Gasteiger partial charge in [0, 0.05) is 43.3 Å². The van der Waals surface area contributed by atoms with Crippen LogP contribution in [0.4, 0.5) is 5.82 Å². The van der Waals surface area contributed by atoms with Gasteiger partial charge in [-0.15, -0.1) is 11.3 Å². The van der Waals surface area contributed by atoms with Gasteiger partial charge in [0.1, 0.15) is 22.3 Å². The van der Waals surface area contributed by atoms with E-state index >= 15 is 0 Å². The molecule has 26 heavy (non-hydrogen) atoms. The van der Waals surface area contributed by atoms with E-state index in [4.69, 9.17) is 4.74 Å². The molecule has 1 aromatic carbocycles. The monoisotopic (exact) mass is 368 g/mol. The summed E-state index contributed by atoms with van der Waals surface area (Å²) in [6.07, 6.45) is 1.74. The molecule has 0 fully saturated rings. The predicted octanol–water partition coefficient (Wildman–Crippen LogP) is 3.21. The number of pyridine rings is 1. The standard InChI is InChI=1S/C19H20N4O2S/c1-23(2)17-14(5-4-10-20-17)11-21-18(24)16-12-26-19(22-16)13-6-8-15(25-3)9-7-13/h4-10,12H,11H2,1-3H3,(H,21,24). The lowest BCUT2D eigenvalue weighted by Gasteiger charge is -2.15. The van der Waals surface area contributed by atoms with Crippen LogP contribution in [0.1, 0.15) is 16.1 Å². The molecule has 2 aromatic heterocycles. The number of hydrogen-bond donors (Lipinski definition) is 1. The Labute approximate surface area is 156 Å². The summed E-state index contributed by atoms with van der Waals surface area (Å²) in [5.74, 6) is 1.43.